The van der Waals surface area contributed by atoms with E-state index in [1.54, 1.807) is 0 Å². The fraction of sp³-hybridized carbons (Fsp3) is 0.562. The molecule has 0 spiro atoms. The first-order chi connectivity index (χ1) is 10.1. The lowest BCUT2D eigenvalue weighted by Crippen LogP contribution is -2.38. The maximum atomic E-state index is 11.4. The number of aryl methyl sites for hydroxylation is 1. The second-order valence-corrected chi connectivity index (χ2v) is 5.53. The minimum atomic E-state index is -0.561. The molecule has 2 N–H and O–H groups in total. The van der Waals surface area contributed by atoms with Crippen LogP contribution in [0.15, 0.2) is 24.3 Å². The summed E-state index contributed by atoms with van der Waals surface area (Å²) >= 11 is 0. The largest absolute Gasteiger partial charge is 0.488 e. The van der Waals surface area contributed by atoms with Gasteiger partial charge in [0.05, 0.1) is 6.10 Å². The van der Waals surface area contributed by atoms with E-state index in [0.717, 1.165) is 18.6 Å². The molecule has 3 atom stereocenters. The molecule has 0 aliphatic heterocycles. The van der Waals surface area contributed by atoms with Gasteiger partial charge in [-0.1, -0.05) is 17.7 Å². The first kappa shape index (κ1) is 15.8. The molecule has 0 unspecified atom stereocenters. The maximum absolute atomic E-state index is 11.4. The van der Waals surface area contributed by atoms with Crippen molar-refractivity contribution in [3.63, 3.8) is 0 Å². The van der Waals surface area contributed by atoms with Crippen molar-refractivity contribution in [1.82, 2.24) is 5.32 Å². The predicted octanol–water partition coefficient (Wildman–Crippen LogP) is 1.28. The molecule has 21 heavy (non-hydrogen) atoms. The molecule has 1 aromatic rings. The van der Waals surface area contributed by atoms with Gasteiger partial charge in [-0.3, -0.25) is 4.79 Å². The summed E-state index contributed by atoms with van der Waals surface area (Å²) in [6, 6.07) is 7.80. The van der Waals surface area contributed by atoms with Crippen molar-refractivity contribution in [3.8, 4) is 5.75 Å². The van der Waals surface area contributed by atoms with Gasteiger partial charge in [0.2, 0.25) is 5.91 Å². The molecule has 1 aromatic carbocycles. The number of aliphatic hydroxyl groups excluding tert-OH is 1. The maximum Gasteiger partial charge on any atom is 0.245 e. The Bertz CT molecular complexity index is 460. The predicted molar refractivity (Wildman–Crippen MR) is 79.2 cm³/mol. The quantitative estimate of drug-likeness (QED) is 0.829. The van der Waals surface area contributed by atoms with Crippen LogP contribution in [0.3, 0.4) is 0 Å². The molecule has 1 fully saturated rings. The van der Waals surface area contributed by atoms with Crippen molar-refractivity contribution < 1.29 is 19.4 Å². The number of nitrogens with one attached hydrogen (secondary N) is 1. The van der Waals surface area contributed by atoms with Gasteiger partial charge in [-0.2, -0.15) is 0 Å². The summed E-state index contributed by atoms with van der Waals surface area (Å²) in [5, 5.41) is 13.1. The van der Waals surface area contributed by atoms with E-state index in [0.29, 0.717) is 6.54 Å². The molecule has 2 rings (SSSR count). The number of carbonyl (C=O) groups excluding carboxylic acids is 1. The van der Waals surface area contributed by atoms with Crippen LogP contribution < -0.4 is 10.1 Å². The Labute approximate surface area is 125 Å². The molecule has 0 saturated heterocycles. The standard InChI is InChI=1S/C16H23NO4/c1-11-3-6-13(7-4-11)21-14-8-5-12(16(14)19)9-17-15(18)10-20-2/h3-4,6-7,12,14,16,19H,5,8-10H2,1-2H3,(H,17,18)/t12-,14-,16-/m1/s1. The Balaban J connectivity index is 1.82. The first-order valence-corrected chi connectivity index (χ1v) is 7.27. The Morgan fingerprint density at radius 2 is 2.05 bits per heavy atom. The molecule has 0 aromatic heterocycles. The van der Waals surface area contributed by atoms with E-state index in [4.69, 9.17) is 9.47 Å². The number of carbonyl (C=O) groups is 1. The molecule has 0 radical (unpaired) electrons. The topological polar surface area (TPSA) is 67.8 Å². The highest BCUT2D eigenvalue weighted by molar-refractivity contribution is 5.77. The third-order valence-corrected chi connectivity index (χ3v) is 3.83. The molecule has 116 valence electrons. The van der Waals surface area contributed by atoms with Gasteiger partial charge < -0.3 is 19.9 Å². The van der Waals surface area contributed by atoms with Crippen LogP contribution in [-0.2, 0) is 9.53 Å². The zero-order valence-electron chi connectivity index (χ0n) is 12.5. The lowest BCUT2D eigenvalue weighted by Gasteiger charge is -2.21. The smallest absolute Gasteiger partial charge is 0.245 e. The second-order valence-electron chi connectivity index (χ2n) is 5.53. The number of methoxy groups -OCH3 is 1. The minimum Gasteiger partial charge on any atom is -0.488 e. The van der Waals surface area contributed by atoms with Crippen LogP contribution in [0.5, 0.6) is 5.75 Å². The van der Waals surface area contributed by atoms with E-state index in [-0.39, 0.29) is 24.5 Å². The highest BCUT2D eigenvalue weighted by atomic mass is 16.5. The molecular formula is C16H23NO4. The van der Waals surface area contributed by atoms with Gasteiger partial charge >= 0.3 is 0 Å². The van der Waals surface area contributed by atoms with Crippen LogP contribution in [0.25, 0.3) is 0 Å². The average molecular weight is 293 g/mol. The zero-order valence-corrected chi connectivity index (χ0v) is 12.5. The van der Waals surface area contributed by atoms with Crippen molar-refractivity contribution in [2.75, 3.05) is 20.3 Å². The monoisotopic (exact) mass is 293 g/mol. The number of hydrogen-bond acceptors (Lipinski definition) is 4. The summed E-state index contributed by atoms with van der Waals surface area (Å²) < 4.78 is 10.6. The van der Waals surface area contributed by atoms with Gasteiger partial charge in [0.1, 0.15) is 18.5 Å². The second kappa shape index (κ2) is 7.43. The number of hydrogen-bond donors (Lipinski definition) is 2. The van der Waals surface area contributed by atoms with Gasteiger partial charge in [-0.05, 0) is 31.9 Å². The van der Waals surface area contributed by atoms with Crippen molar-refractivity contribution in [1.29, 1.82) is 0 Å². The Morgan fingerprint density at radius 1 is 1.33 bits per heavy atom. The highest BCUT2D eigenvalue weighted by Gasteiger charge is 2.36. The number of benzene rings is 1. The van der Waals surface area contributed by atoms with Gasteiger partial charge in [0.25, 0.3) is 0 Å². The Hall–Kier alpha value is -1.59. The summed E-state index contributed by atoms with van der Waals surface area (Å²) in [5.74, 6) is 0.641. The van der Waals surface area contributed by atoms with E-state index in [1.807, 2.05) is 31.2 Å². The van der Waals surface area contributed by atoms with Crippen LogP contribution in [0, 0.1) is 12.8 Å². The molecule has 0 heterocycles. The summed E-state index contributed by atoms with van der Waals surface area (Å²) in [5.41, 5.74) is 1.17. The lowest BCUT2D eigenvalue weighted by molar-refractivity contribution is -0.125. The van der Waals surface area contributed by atoms with E-state index >= 15 is 0 Å². The van der Waals surface area contributed by atoms with Gasteiger partial charge in [-0.15, -0.1) is 0 Å². The van der Waals surface area contributed by atoms with Crippen LogP contribution in [0.2, 0.25) is 0 Å². The van der Waals surface area contributed by atoms with Crippen LogP contribution >= 0.6 is 0 Å². The zero-order chi connectivity index (χ0) is 15.2. The number of ether oxygens (including phenoxy) is 2. The van der Waals surface area contributed by atoms with Crippen LogP contribution in [0.4, 0.5) is 0 Å². The minimum absolute atomic E-state index is 0.0289. The lowest BCUT2D eigenvalue weighted by atomic mass is 10.1. The molecule has 5 nitrogen and oxygen atoms in total. The average Bonchev–Trinajstić information content (AvgIpc) is 2.80. The van der Waals surface area contributed by atoms with Crippen molar-refractivity contribution in [2.24, 2.45) is 5.92 Å². The van der Waals surface area contributed by atoms with E-state index in [2.05, 4.69) is 5.32 Å². The van der Waals surface area contributed by atoms with Crippen LogP contribution in [0.1, 0.15) is 18.4 Å². The molecule has 1 aliphatic rings. The fourth-order valence-electron chi connectivity index (χ4n) is 2.59. The normalized spacial score (nSPS) is 24.8. The molecule has 5 heteroatoms. The van der Waals surface area contributed by atoms with E-state index in [1.165, 1.54) is 12.7 Å². The van der Waals surface area contributed by atoms with Crippen molar-refractivity contribution in [2.45, 2.75) is 32.0 Å². The summed E-state index contributed by atoms with van der Waals surface area (Å²) in [7, 11) is 1.48. The van der Waals surface area contributed by atoms with Crippen LogP contribution in [-0.4, -0.2) is 43.5 Å². The number of amides is 1. The number of aliphatic hydroxyl groups is 1. The summed E-state index contributed by atoms with van der Waals surface area (Å²) in [4.78, 5) is 11.4. The molecule has 1 aliphatic carbocycles. The van der Waals surface area contributed by atoms with E-state index < -0.39 is 6.10 Å². The summed E-state index contributed by atoms with van der Waals surface area (Å²) in [6.45, 7) is 2.52. The highest BCUT2D eigenvalue weighted by Crippen LogP contribution is 2.29. The van der Waals surface area contributed by atoms with Gasteiger partial charge in [0.15, 0.2) is 0 Å². The van der Waals surface area contributed by atoms with E-state index in [9.17, 15) is 9.90 Å². The third-order valence-electron chi connectivity index (χ3n) is 3.83. The van der Waals surface area contributed by atoms with Gasteiger partial charge in [-0.25, -0.2) is 0 Å². The van der Waals surface area contributed by atoms with Gasteiger partial charge in [0, 0.05) is 19.6 Å². The molecule has 1 saturated carbocycles. The number of rotatable bonds is 6. The molecular weight excluding hydrogens is 270 g/mol. The SMILES string of the molecule is COCC(=O)NC[C@H]1CC[C@@H](Oc2ccc(C)cc2)[C@@H]1O. The van der Waals surface area contributed by atoms with Crippen molar-refractivity contribution >= 4 is 5.91 Å². The molecule has 0 bridgehead atoms. The Morgan fingerprint density at radius 3 is 2.71 bits per heavy atom. The Kier molecular flexibility index (Phi) is 5.59. The first-order valence-electron chi connectivity index (χ1n) is 7.27. The molecule has 1 amide bonds. The third kappa shape index (κ3) is 4.44. The summed E-state index contributed by atoms with van der Waals surface area (Å²) in [6.07, 6.45) is 0.858. The fourth-order valence-corrected chi connectivity index (χ4v) is 2.59. The van der Waals surface area contributed by atoms with Crippen molar-refractivity contribution in [3.05, 3.63) is 29.8 Å².